The molecule has 0 saturated heterocycles. The van der Waals surface area contributed by atoms with E-state index in [1.54, 1.807) is 11.3 Å². The van der Waals surface area contributed by atoms with Crippen LogP contribution in [0.2, 0.25) is 0 Å². The maximum Gasteiger partial charge on any atom is 0.186 e. The molecule has 0 saturated carbocycles. The number of thiazole rings is 1. The number of carbonyl (C=O) groups is 1. The second-order valence-corrected chi connectivity index (χ2v) is 5.46. The number of Topliss-reactive ketones (excluding diaryl/α,β-unsaturated/α-hetero) is 1. The summed E-state index contributed by atoms with van der Waals surface area (Å²) in [6.07, 6.45) is 5.03. The van der Waals surface area contributed by atoms with Crippen molar-refractivity contribution in [3.05, 3.63) is 10.6 Å². The fourth-order valence-electron chi connectivity index (χ4n) is 2.13. The third-order valence-corrected chi connectivity index (χ3v) is 4.39. The summed E-state index contributed by atoms with van der Waals surface area (Å²) in [5.74, 6) is 0.293. The normalized spacial score (nSPS) is 14.8. The number of rotatable bonds is 5. The summed E-state index contributed by atoms with van der Waals surface area (Å²) in [4.78, 5) is 19.6. The lowest BCUT2D eigenvalue weighted by atomic mass is 10.0. The van der Waals surface area contributed by atoms with Gasteiger partial charge in [0.2, 0.25) is 0 Å². The number of hydrogen-bond donors (Lipinski definition) is 0. The molecule has 0 unspecified atom stereocenters. The van der Waals surface area contributed by atoms with Gasteiger partial charge in [-0.25, -0.2) is 4.98 Å². The van der Waals surface area contributed by atoms with E-state index in [9.17, 15) is 4.79 Å². The predicted molar refractivity (Wildman–Crippen MR) is 72.2 cm³/mol. The van der Waals surface area contributed by atoms with Gasteiger partial charge in [-0.3, -0.25) is 4.79 Å². The van der Waals surface area contributed by atoms with Gasteiger partial charge in [-0.15, -0.1) is 0 Å². The maximum absolute atomic E-state index is 11.8. The van der Waals surface area contributed by atoms with Crippen LogP contribution in [0.25, 0.3) is 0 Å². The van der Waals surface area contributed by atoms with Crippen molar-refractivity contribution in [2.24, 2.45) is 0 Å². The van der Waals surface area contributed by atoms with Crippen molar-refractivity contribution in [2.75, 3.05) is 18.0 Å². The molecule has 3 nitrogen and oxygen atoms in total. The van der Waals surface area contributed by atoms with Crippen LogP contribution < -0.4 is 4.90 Å². The van der Waals surface area contributed by atoms with Crippen molar-refractivity contribution < 1.29 is 4.79 Å². The third kappa shape index (κ3) is 2.68. The van der Waals surface area contributed by atoms with Gasteiger partial charge in [-0.2, -0.15) is 0 Å². The van der Waals surface area contributed by atoms with Crippen molar-refractivity contribution >= 4 is 22.3 Å². The van der Waals surface area contributed by atoms with E-state index in [2.05, 4.69) is 23.7 Å². The second-order valence-electron chi connectivity index (χ2n) is 4.48. The first-order chi connectivity index (χ1) is 8.26. The number of anilines is 1. The van der Waals surface area contributed by atoms with Crippen LogP contribution in [0.4, 0.5) is 5.13 Å². The summed E-state index contributed by atoms with van der Waals surface area (Å²) in [6, 6.07) is 0. The molecule has 1 aliphatic carbocycles. The Morgan fingerprint density at radius 3 is 2.82 bits per heavy atom. The minimum atomic E-state index is 0.293. The third-order valence-electron chi connectivity index (χ3n) is 3.19. The summed E-state index contributed by atoms with van der Waals surface area (Å²) in [7, 11) is 0. The number of carbonyl (C=O) groups excluding carboxylic acids is 1. The number of hydrogen-bond acceptors (Lipinski definition) is 4. The van der Waals surface area contributed by atoms with Crippen LogP contribution >= 0.6 is 11.3 Å². The molecule has 1 aromatic rings. The fourth-order valence-corrected chi connectivity index (χ4v) is 3.30. The minimum absolute atomic E-state index is 0.293. The van der Waals surface area contributed by atoms with Gasteiger partial charge in [0, 0.05) is 19.5 Å². The first-order valence-corrected chi connectivity index (χ1v) is 7.35. The Kier molecular flexibility index (Phi) is 4.15. The van der Waals surface area contributed by atoms with Crippen LogP contribution in [-0.4, -0.2) is 23.9 Å². The van der Waals surface area contributed by atoms with Crippen LogP contribution in [0.1, 0.15) is 54.9 Å². The molecule has 94 valence electrons. The Hall–Kier alpha value is -0.900. The Balaban J connectivity index is 2.17. The first-order valence-electron chi connectivity index (χ1n) is 6.54. The van der Waals surface area contributed by atoms with Gasteiger partial charge in [0.1, 0.15) is 0 Å². The van der Waals surface area contributed by atoms with Gasteiger partial charge in [0.25, 0.3) is 0 Å². The fraction of sp³-hybridized carbons (Fsp3) is 0.692. The molecular weight excluding hydrogens is 232 g/mol. The van der Waals surface area contributed by atoms with Crippen molar-refractivity contribution in [2.45, 2.75) is 46.0 Å². The van der Waals surface area contributed by atoms with Gasteiger partial charge in [-0.1, -0.05) is 24.7 Å². The van der Waals surface area contributed by atoms with Crippen LogP contribution in [0.3, 0.4) is 0 Å². The number of aryl methyl sites for hydroxylation is 1. The standard InChI is InChI=1S/C13H20N2OS/c1-3-5-9-15(4-2)13-14-10-7-6-8-11(16)12(10)17-13/h3-9H2,1-2H3. The molecule has 0 radical (unpaired) electrons. The molecule has 0 aliphatic heterocycles. The van der Waals surface area contributed by atoms with Crippen molar-refractivity contribution in [3.63, 3.8) is 0 Å². The van der Waals surface area contributed by atoms with Crippen LogP contribution in [0.5, 0.6) is 0 Å². The average Bonchev–Trinajstić information content (AvgIpc) is 2.75. The molecule has 0 atom stereocenters. The summed E-state index contributed by atoms with van der Waals surface area (Å²) in [5, 5.41) is 1.04. The molecule has 0 N–H and O–H groups in total. The van der Waals surface area contributed by atoms with Crippen LogP contribution in [0.15, 0.2) is 0 Å². The van der Waals surface area contributed by atoms with E-state index in [1.807, 2.05) is 0 Å². The Bertz CT molecular complexity index is 400. The van der Waals surface area contributed by atoms with Gasteiger partial charge in [0.05, 0.1) is 10.6 Å². The molecule has 0 aromatic carbocycles. The molecule has 1 heterocycles. The SMILES string of the molecule is CCCCN(CC)c1nc2c(s1)C(=O)CCC2. The highest BCUT2D eigenvalue weighted by molar-refractivity contribution is 7.17. The Morgan fingerprint density at radius 1 is 1.35 bits per heavy atom. The first kappa shape index (κ1) is 12.6. The van der Waals surface area contributed by atoms with Gasteiger partial charge < -0.3 is 4.90 Å². The number of ketones is 1. The molecular formula is C13H20N2OS. The highest BCUT2D eigenvalue weighted by atomic mass is 32.1. The molecule has 1 aliphatic rings. The van der Waals surface area contributed by atoms with Gasteiger partial charge in [0.15, 0.2) is 10.9 Å². The van der Waals surface area contributed by atoms with E-state index < -0.39 is 0 Å². The molecule has 17 heavy (non-hydrogen) atoms. The average molecular weight is 252 g/mol. The van der Waals surface area contributed by atoms with Crippen LogP contribution in [-0.2, 0) is 6.42 Å². The zero-order valence-electron chi connectivity index (χ0n) is 10.7. The van der Waals surface area contributed by atoms with Crippen molar-refractivity contribution in [1.29, 1.82) is 0 Å². The van der Waals surface area contributed by atoms with E-state index in [-0.39, 0.29) is 0 Å². The zero-order chi connectivity index (χ0) is 12.3. The summed E-state index contributed by atoms with van der Waals surface area (Å²) < 4.78 is 0. The van der Waals surface area contributed by atoms with Crippen molar-refractivity contribution in [1.82, 2.24) is 4.98 Å². The minimum Gasteiger partial charge on any atom is -0.348 e. The van der Waals surface area contributed by atoms with Gasteiger partial charge in [-0.05, 0) is 26.2 Å². The van der Waals surface area contributed by atoms with E-state index in [4.69, 9.17) is 0 Å². The zero-order valence-corrected chi connectivity index (χ0v) is 11.5. The number of aromatic nitrogens is 1. The van der Waals surface area contributed by atoms with E-state index in [0.29, 0.717) is 12.2 Å². The number of unbranched alkanes of at least 4 members (excludes halogenated alkanes) is 1. The monoisotopic (exact) mass is 252 g/mol. The number of fused-ring (bicyclic) bond motifs is 1. The Morgan fingerprint density at radius 2 is 2.18 bits per heavy atom. The Labute approximate surface area is 107 Å². The quantitative estimate of drug-likeness (QED) is 0.806. The maximum atomic E-state index is 11.8. The second kappa shape index (κ2) is 5.63. The lowest BCUT2D eigenvalue weighted by molar-refractivity contribution is 0.0976. The lowest BCUT2D eigenvalue weighted by Crippen LogP contribution is -2.23. The molecule has 0 bridgehead atoms. The predicted octanol–water partition coefficient (Wildman–Crippen LogP) is 3.29. The topological polar surface area (TPSA) is 33.2 Å². The van der Waals surface area contributed by atoms with E-state index >= 15 is 0 Å². The summed E-state index contributed by atoms with van der Waals surface area (Å²) in [5.41, 5.74) is 1.04. The molecule has 0 spiro atoms. The molecule has 0 amide bonds. The summed E-state index contributed by atoms with van der Waals surface area (Å²) >= 11 is 1.59. The smallest absolute Gasteiger partial charge is 0.186 e. The molecule has 1 aromatic heterocycles. The molecule has 0 fully saturated rings. The largest absolute Gasteiger partial charge is 0.348 e. The lowest BCUT2D eigenvalue weighted by Gasteiger charge is -2.18. The summed E-state index contributed by atoms with van der Waals surface area (Å²) in [6.45, 7) is 6.37. The highest BCUT2D eigenvalue weighted by Crippen LogP contribution is 2.31. The molecule has 4 heteroatoms. The van der Waals surface area contributed by atoms with E-state index in [0.717, 1.165) is 41.6 Å². The number of nitrogens with zero attached hydrogens (tertiary/aromatic N) is 2. The van der Waals surface area contributed by atoms with Crippen LogP contribution in [0, 0.1) is 0 Å². The molecule has 2 rings (SSSR count). The van der Waals surface area contributed by atoms with Crippen molar-refractivity contribution in [3.8, 4) is 0 Å². The van der Waals surface area contributed by atoms with Gasteiger partial charge >= 0.3 is 0 Å². The highest BCUT2D eigenvalue weighted by Gasteiger charge is 2.23. The van der Waals surface area contributed by atoms with E-state index in [1.165, 1.54) is 12.8 Å².